The second-order valence-electron chi connectivity index (χ2n) is 3.21. The first-order chi connectivity index (χ1) is 5.20. The van der Waals surface area contributed by atoms with Gasteiger partial charge in [-0.3, -0.25) is 0 Å². The molecule has 0 radical (unpaired) electrons. The summed E-state index contributed by atoms with van der Waals surface area (Å²) in [4.78, 5) is 0. The largest absolute Gasteiger partial charge is 0.197 e. The van der Waals surface area contributed by atoms with Gasteiger partial charge >= 0.3 is 0 Å². The fourth-order valence-corrected chi connectivity index (χ4v) is 1.27. The monoisotopic (exact) mass is 147 g/mol. The van der Waals surface area contributed by atoms with Gasteiger partial charge in [0.2, 0.25) is 0 Å². The van der Waals surface area contributed by atoms with Gasteiger partial charge in [0, 0.05) is 0 Å². The number of nitriles is 1. The molecule has 1 heteroatoms. The molecule has 0 saturated carbocycles. The molecule has 0 N–H and O–H groups in total. The van der Waals surface area contributed by atoms with E-state index in [9.17, 15) is 0 Å². The molecule has 1 nitrogen and oxygen atoms in total. The Kier molecular flexibility index (Phi) is 2.14. The molecule has 0 aliphatic heterocycles. The Morgan fingerprint density at radius 1 is 1.73 bits per heavy atom. The van der Waals surface area contributed by atoms with E-state index in [2.05, 4.69) is 31.2 Å². The molecule has 0 aromatic rings. The molecule has 1 aliphatic rings. The summed E-state index contributed by atoms with van der Waals surface area (Å²) in [6, 6.07) is 2.32. The Bertz CT molecular complexity index is 242. The second-order valence-corrected chi connectivity index (χ2v) is 3.21. The zero-order valence-corrected chi connectivity index (χ0v) is 7.09. The van der Waals surface area contributed by atoms with Crippen LogP contribution in [0.4, 0.5) is 0 Å². The quantitative estimate of drug-likeness (QED) is 0.559. The van der Waals surface area contributed by atoms with Gasteiger partial charge in [-0.15, -0.1) is 0 Å². The summed E-state index contributed by atoms with van der Waals surface area (Å²) in [7, 11) is 0. The number of hydrogen-bond acceptors (Lipinski definition) is 1. The van der Waals surface area contributed by atoms with Crippen LogP contribution in [0.15, 0.2) is 23.8 Å². The maximum atomic E-state index is 8.84. The number of nitrogens with zero attached hydrogens (tertiary/aromatic N) is 1. The first-order valence-corrected chi connectivity index (χ1v) is 4.00. The van der Waals surface area contributed by atoms with Crippen molar-refractivity contribution in [3.63, 3.8) is 0 Å². The molecule has 11 heavy (non-hydrogen) atoms. The standard InChI is InChI=1S/C10H13N/c1-3-9-5-4-6-10(2,7-9)8-11/h4-5,7H,3,6H2,1-2H3. The van der Waals surface area contributed by atoms with E-state index in [-0.39, 0.29) is 5.41 Å². The normalized spacial score (nSPS) is 29.4. The Morgan fingerprint density at radius 2 is 2.45 bits per heavy atom. The van der Waals surface area contributed by atoms with E-state index in [0.29, 0.717) is 0 Å². The van der Waals surface area contributed by atoms with Crippen LogP contribution in [0.5, 0.6) is 0 Å². The molecule has 1 unspecified atom stereocenters. The molecule has 0 heterocycles. The van der Waals surface area contributed by atoms with Crippen LogP contribution in [0.1, 0.15) is 26.7 Å². The Balaban J connectivity index is 2.86. The summed E-state index contributed by atoms with van der Waals surface area (Å²) in [5.41, 5.74) is 1.03. The average molecular weight is 147 g/mol. The van der Waals surface area contributed by atoms with Crippen LogP contribution in [-0.4, -0.2) is 0 Å². The van der Waals surface area contributed by atoms with Crippen LogP contribution >= 0.6 is 0 Å². The van der Waals surface area contributed by atoms with Crippen molar-refractivity contribution in [3.05, 3.63) is 23.8 Å². The maximum Gasteiger partial charge on any atom is 0.0765 e. The highest BCUT2D eigenvalue weighted by Gasteiger charge is 2.21. The Hall–Kier alpha value is -1.03. The minimum atomic E-state index is -0.250. The van der Waals surface area contributed by atoms with Crippen LogP contribution in [0.3, 0.4) is 0 Å². The third kappa shape index (κ3) is 1.71. The summed E-state index contributed by atoms with van der Waals surface area (Å²) in [5.74, 6) is 0. The van der Waals surface area contributed by atoms with Crippen molar-refractivity contribution in [2.45, 2.75) is 26.7 Å². The van der Waals surface area contributed by atoms with Crippen molar-refractivity contribution < 1.29 is 0 Å². The maximum absolute atomic E-state index is 8.84. The van der Waals surface area contributed by atoms with Crippen LogP contribution in [-0.2, 0) is 0 Å². The topological polar surface area (TPSA) is 23.8 Å². The predicted molar refractivity (Wildman–Crippen MR) is 45.9 cm³/mol. The van der Waals surface area contributed by atoms with Crippen molar-refractivity contribution in [2.24, 2.45) is 5.41 Å². The minimum absolute atomic E-state index is 0.250. The van der Waals surface area contributed by atoms with Gasteiger partial charge in [-0.1, -0.05) is 30.7 Å². The fourth-order valence-electron chi connectivity index (χ4n) is 1.27. The SMILES string of the molecule is CCC1=CC(C)(C#N)CC=C1. The predicted octanol–water partition coefficient (Wildman–Crippen LogP) is 2.81. The lowest BCUT2D eigenvalue weighted by atomic mass is 9.82. The first-order valence-electron chi connectivity index (χ1n) is 4.00. The number of hydrogen-bond donors (Lipinski definition) is 0. The van der Waals surface area contributed by atoms with Crippen LogP contribution < -0.4 is 0 Å². The number of allylic oxidation sites excluding steroid dienone is 4. The lowest BCUT2D eigenvalue weighted by Gasteiger charge is -2.19. The summed E-state index contributed by atoms with van der Waals surface area (Å²) < 4.78 is 0. The second kappa shape index (κ2) is 2.92. The highest BCUT2D eigenvalue weighted by molar-refractivity contribution is 5.30. The van der Waals surface area contributed by atoms with Crippen LogP contribution in [0.2, 0.25) is 0 Å². The zero-order valence-electron chi connectivity index (χ0n) is 7.09. The van der Waals surface area contributed by atoms with Crippen molar-refractivity contribution in [1.82, 2.24) is 0 Å². The van der Waals surface area contributed by atoms with E-state index in [4.69, 9.17) is 5.26 Å². The molecule has 0 aromatic carbocycles. The summed E-state index contributed by atoms with van der Waals surface area (Å²) in [5, 5.41) is 8.84. The summed E-state index contributed by atoms with van der Waals surface area (Å²) in [6.45, 7) is 4.09. The van der Waals surface area contributed by atoms with Gasteiger partial charge in [0.25, 0.3) is 0 Å². The molecular weight excluding hydrogens is 134 g/mol. The van der Waals surface area contributed by atoms with Crippen LogP contribution in [0.25, 0.3) is 0 Å². The molecule has 0 saturated heterocycles. The van der Waals surface area contributed by atoms with Gasteiger partial charge in [0.05, 0.1) is 11.5 Å². The lowest BCUT2D eigenvalue weighted by molar-refractivity contribution is 0.566. The highest BCUT2D eigenvalue weighted by atomic mass is 14.3. The first kappa shape index (κ1) is 8.07. The van der Waals surface area contributed by atoms with E-state index in [0.717, 1.165) is 12.8 Å². The summed E-state index contributed by atoms with van der Waals surface area (Å²) >= 11 is 0. The van der Waals surface area contributed by atoms with Gasteiger partial charge in [0.1, 0.15) is 0 Å². The summed E-state index contributed by atoms with van der Waals surface area (Å²) in [6.07, 6.45) is 8.15. The molecule has 1 aliphatic carbocycles. The van der Waals surface area contributed by atoms with Gasteiger partial charge in [-0.25, -0.2) is 0 Å². The average Bonchev–Trinajstić information content (AvgIpc) is 2.05. The van der Waals surface area contributed by atoms with Gasteiger partial charge < -0.3 is 0 Å². The smallest absolute Gasteiger partial charge is 0.0765 e. The van der Waals surface area contributed by atoms with Gasteiger partial charge in [-0.2, -0.15) is 5.26 Å². The fraction of sp³-hybridized carbons (Fsp3) is 0.500. The van der Waals surface area contributed by atoms with Gasteiger partial charge in [0.15, 0.2) is 0 Å². The third-order valence-corrected chi connectivity index (χ3v) is 2.04. The molecule has 1 rings (SSSR count). The molecule has 0 fully saturated rings. The van der Waals surface area contributed by atoms with Crippen molar-refractivity contribution in [1.29, 1.82) is 5.26 Å². The number of rotatable bonds is 1. The van der Waals surface area contributed by atoms with Crippen LogP contribution in [0, 0.1) is 16.7 Å². The van der Waals surface area contributed by atoms with E-state index in [1.807, 2.05) is 6.92 Å². The minimum Gasteiger partial charge on any atom is -0.197 e. The van der Waals surface area contributed by atoms with E-state index < -0.39 is 0 Å². The molecule has 1 atom stereocenters. The third-order valence-electron chi connectivity index (χ3n) is 2.04. The Morgan fingerprint density at radius 3 is 3.00 bits per heavy atom. The van der Waals surface area contributed by atoms with Crippen molar-refractivity contribution in [3.8, 4) is 6.07 Å². The molecule has 0 aromatic heterocycles. The van der Waals surface area contributed by atoms with Crippen molar-refractivity contribution >= 4 is 0 Å². The van der Waals surface area contributed by atoms with E-state index in [1.165, 1.54) is 5.57 Å². The van der Waals surface area contributed by atoms with E-state index in [1.54, 1.807) is 0 Å². The van der Waals surface area contributed by atoms with E-state index >= 15 is 0 Å². The zero-order chi connectivity index (χ0) is 8.32. The van der Waals surface area contributed by atoms with Gasteiger partial charge in [-0.05, 0) is 19.8 Å². The van der Waals surface area contributed by atoms with Crippen molar-refractivity contribution in [2.75, 3.05) is 0 Å². The molecule has 58 valence electrons. The molecule has 0 amide bonds. The lowest BCUT2D eigenvalue weighted by Crippen LogP contribution is -2.11. The molecule has 0 spiro atoms. The highest BCUT2D eigenvalue weighted by Crippen LogP contribution is 2.29. The molecular formula is C10H13N. The Labute approximate surface area is 68.0 Å². The molecule has 0 bridgehead atoms.